The number of hydrogen-bond donors (Lipinski definition) is 1. The molecule has 2 aromatic heterocycles. The average Bonchev–Trinajstić information content (AvgIpc) is 3.30. The molecule has 1 aliphatic heterocycles. The van der Waals surface area contributed by atoms with Crippen LogP contribution >= 0.6 is 0 Å². The number of benzene rings is 1. The number of hydrogen-bond acceptors (Lipinski definition) is 6. The Bertz CT molecular complexity index is 812. The van der Waals surface area contributed by atoms with Gasteiger partial charge in [-0.2, -0.15) is 4.98 Å². The average molecular weight is 338 g/mol. The molecule has 0 amide bonds. The van der Waals surface area contributed by atoms with E-state index in [1.165, 1.54) is 0 Å². The van der Waals surface area contributed by atoms with Crippen LogP contribution in [-0.2, 0) is 13.5 Å². The first kappa shape index (κ1) is 16.0. The summed E-state index contributed by atoms with van der Waals surface area (Å²) in [5, 5.41) is 7.56. The summed E-state index contributed by atoms with van der Waals surface area (Å²) in [6.45, 7) is 3.75. The molecular formula is C18H22N6O. The highest BCUT2D eigenvalue weighted by molar-refractivity contribution is 5.53. The summed E-state index contributed by atoms with van der Waals surface area (Å²) in [4.78, 5) is 11.5. The summed E-state index contributed by atoms with van der Waals surface area (Å²) >= 11 is 0. The van der Waals surface area contributed by atoms with Gasteiger partial charge in [-0.1, -0.05) is 35.5 Å². The Kier molecular flexibility index (Phi) is 4.58. The Morgan fingerprint density at radius 2 is 2.16 bits per heavy atom. The van der Waals surface area contributed by atoms with E-state index in [0.717, 1.165) is 44.0 Å². The molecule has 0 aliphatic carbocycles. The van der Waals surface area contributed by atoms with E-state index in [0.29, 0.717) is 11.7 Å². The van der Waals surface area contributed by atoms with Crippen LogP contribution in [0.25, 0.3) is 11.4 Å². The maximum atomic E-state index is 5.44. The number of nitrogens with one attached hydrogen (secondary N) is 1. The first-order valence-corrected chi connectivity index (χ1v) is 8.61. The topological polar surface area (TPSA) is 72.0 Å². The Balaban J connectivity index is 1.43. The highest BCUT2D eigenvalue weighted by Gasteiger charge is 2.26. The molecule has 4 rings (SSSR count). The van der Waals surface area contributed by atoms with E-state index >= 15 is 0 Å². The van der Waals surface area contributed by atoms with Crippen LogP contribution in [0.4, 0.5) is 0 Å². The zero-order valence-electron chi connectivity index (χ0n) is 14.3. The maximum absolute atomic E-state index is 5.44. The summed E-state index contributed by atoms with van der Waals surface area (Å²) in [5.41, 5.74) is 0.977. The van der Waals surface area contributed by atoms with Crippen LogP contribution in [0.15, 0.2) is 47.2 Å². The number of aryl methyl sites for hydroxylation is 1. The summed E-state index contributed by atoms with van der Waals surface area (Å²) in [6, 6.07) is 10.2. The van der Waals surface area contributed by atoms with Gasteiger partial charge in [-0.15, -0.1) is 0 Å². The lowest BCUT2D eigenvalue weighted by Gasteiger charge is -2.35. The van der Waals surface area contributed by atoms with Gasteiger partial charge in [0.25, 0.3) is 0 Å². The predicted octanol–water partition coefficient (Wildman–Crippen LogP) is 1.66. The van der Waals surface area contributed by atoms with Crippen molar-refractivity contribution in [2.75, 3.05) is 26.2 Å². The lowest BCUT2D eigenvalue weighted by molar-refractivity contribution is 0.150. The molecule has 1 unspecified atom stereocenters. The molecule has 1 aromatic carbocycles. The highest BCUT2D eigenvalue weighted by atomic mass is 16.5. The molecule has 3 heterocycles. The first-order valence-electron chi connectivity index (χ1n) is 8.61. The Morgan fingerprint density at radius 1 is 1.28 bits per heavy atom. The molecule has 1 N–H and O–H groups in total. The van der Waals surface area contributed by atoms with Crippen molar-refractivity contribution in [2.24, 2.45) is 7.05 Å². The van der Waals surface area contributed by atoms with E-state index in [2.05, 4.69) is 29.9 Å². The molecule has 1 saturated heterocycles. The lowest BCUT2D eigenvalue weighted by Crippen LogP contribution is -2.47. The van der Waals surface area contributed by atoms with Gasteiger partial charge in [-0.3, -0.25) is 4.90 Å². The molecule has 7 heteroatoms. The third-order valence-electron chi connectivity index (χ3n) is 4.62. The predicted molar refractivity (Wildman–Crippen MR) is 93.8 cm³/mol. The molecule has 0 radical (unpaired) electrons. The minimum Gasteiger partial charge on any atom is -0.339 e. The molecular weight excluding hydrogens is 316 g/mol. The van der Waals surface area contributed by atoms with Gasteiger partial charge in [0.05, 0.1) is 6.04 Å². The molecule has 25 heavy (non-hydrogen) atoms. The number of imidazole rings is 1. The zero-order valence-corrected chi connectivity index (χ0v) is 14.3. The van der Waals surface area contributed by atoms with Crippen LogP contribution < -0.4 is 5.32 Å². The van der Waals surface area contributed by atoms with Crippen molar-refractivity contribution in [3.63, 3.8) is 0 Å². The molecule has 1 aliphatic rings. The third-order valence-corrected chi connectivity index (χ3v) is 4.62. The van der Waals surface area contributed by atoms with Crippen LogP contribution in [-0.4, -0.2) is 50.8 Å². The minimum atomic E-state index is 0.269. The molecule has 1 atom stereocenters. The van der Waals surface area contributed by atoms with E-state index in [9.17, 15) is 0 Å². The monoisotopic (exact) mass is 338 g/mol. The van der Waals surface area contributed by atoms with Crippen LogP contribution in [0, 0.1) is 0 Å². The Labute approximate surface area is 146 Å². The quantitative estimate of drug-likeness (QED) is 0.763. The van der Waals surface area contributed by atoms with Gasteiger partial charge >= 0.3 is 0 Å². The van der Waals surface area contributed by atoms with Gasteiger partial charge in [0, 0.05) is 57.6 Å². The summed E-state index contributed by atoms with van der Waals surface area (Å²) in [6.07, 6.45) is 4.58. The maximum Gasteiger partial charge on any atom is 0.228 e. The molecule has 0 bridgehead atoms. The smallest absolute Gasteiger partial charge is 0.228 e. The van der Waals surface area contributed by atoms with E-state index in [4.69, 9.17) is 4.52 Å². The lowest BCUT2D eigenvalue weighted by atomic mass is 10.1. The van der Waals surface area contributed by atoms with Crippen molar-refractivity contribution >= 4 is 0 Å². The van der Waals surface area contributed by atoms with Gasteiger partial charge in [-0.25, -0.2) is 4.98 Å². The van der Waals surface area contributed by atoms with Crippen molar-refractivity contribution in [1.82, 2.24) is 29.9 Å². The Hall–Kier alpha value is -2.51. The second kappa shape index (κ2) is 7.16. The Morgan fingerprint density at radius 3 is 2.96 bits per heavy atom. The standard InChI is InChI=1S/C18H22N6O/c1-23-11-9-20-18(23)15-13-19-8-12-24(15)10-7-16-21-17(22-25-16)14-5-3-2-4-6-14/h2-6,9,11,15,19H,7-8,10,12-13H2,1H3. The second-order valence-corrected chi connectivity index (χ2v) is 6.28. The van der Waals surface area contributed by atoms with Gasteiger partial charge in [-0.05, 0) is 0 Å². The van der Waals surface area contributed by atoms with E-state index < -0.39 is 0 Å². The van der Waals surface area contributed by atoms with Crippen LogP contribution in [0.1, 0.15) is 17.8 Å². The van der Waals surface area contributed by atoms with Crippen molar-refractivity contribution in [2.45, 2.75) is 12.5 Å². The SMILES string of the molecule is Cn1ccnc1C1CNCCN1CCc1nc(-c2ccccc2)no1. The van der Waals surface area contributed by atoms with Crippen LogP contribution in [0.5, 0.6) is 0 Å². The van der Waals surface area contributed by atoms with Gasteiger partial charge in [0.1, 0.15) is 5.82 Å². The molecule has 7 nitrogen and oxygen atoms in total. The van der Waals surface area contributed by atoms with Gasteiger partial charge in [0.15, 0.2) is 0 Å². The van der Waals surface area contributed by atoms with Crippen LogP contribution in [0.3, 0.4) is 0 Å². The molecule has 130 valence electrons. The van der Waals surface area contributed by atoms with E-state index in [1.807, 2.05) is 49.8 Å². The summed E-state index contributed by atoms with van der Waals surface area (Å²) in [7, 11) is 2.04. The molecule has 1 fully saturated rings. The molecule has 3 aromatic rings. The first-order chi connectivity index (χ1) is 12.3. The van der Waals surface area contributed by atoms with Crippen LogP contribution in [0.2, 0.25) is 0 Å². The van der Waals surface area contributed by atoms with Crippen molar-refractivity contribution in [1.29, 1.82) is 0 Å². The number of nitrogens with zero attached hydrogens (tertiary/aromatic N) is 5. The van der Waals surface area contributed by atoms with Gasteiger partial charge in [0.2, 0.25) is 11.7 Å². The number of rotatable bonds is 5. The van der Waals surface area contributed by atoms with Crippen molar-refractivity contribution in [3.8, 4) is 11.4 Å². The second-order valence-electron chi connectivity index (χ2n) is 6.28. The van der Waals surface area contributed by atoms with E-state index in [-0.39, 0.29) is 6.04 Å². The fraction of sp³-hybridized carbons (Fsp3) is 0.389. The number of aromatic nitrogens is 4. The van der Waals surface area contributed by atoms with Gasteiger partial charge < -0.3 is 14.4 Å². The van der Waals surface area contributed by atoms with Crippen molar-refractivity contribution < 1.29 is 4.52 Å². The minimum absolute atomic E-state index is 0.269. The highest BCUT2D eigenvalue weighted by Crippen LogP contribution is 2.21. The fourth-order valence-corrected chi connectivity index (χ4v) is 3.27. The normalized spacial score (nSPS) is 18.5. The third kappa shape index (κ3) is 3.47. The van der Waals surface area contributed by atoms with Crippen molar-refractivity contribution in [3.05, 3.63) is 54.4 Å². The molecule has 0 spiro atoms. The molecule has 0 saturated carbocycles. The summed E-state index contributed by atoms with van der Waals surface area (Å²) in [5.74, 6) is 2.41. The fourth-order valence-electron chi connectivity index (χ4n) is 3.27. The zero-order chi connectivity index (χ0) is 17.1. The largest absolute Gasteiger partial charge is 0.339 e. The van der Waals surface area contributed by atoms with E-state index in [1.54, 1.807) is 0 Å². The number of piperazine rings is 1. The summed E-state index contributed by atoms with van der Waals surface area (Å²) < 4.78 is 7.52.